The zero-order valence-corrected chi connectivity index (χ0v) is 19.9. The van der Waals surface area contributed by atoms with E-state index in [1.54, 1.807) is 23.0 Å². The molecule has 3 aromatic rings. The van der Waals surface area contributed by atoms with E-state index in [1.165, 1.54) is 0 Å². The molecule has 0 spiro atoms. The second kappa shape index (κ2) is 10.1. The molecule has 2 aromatic carbocycles. The number of rotatable bonds is 6. The minimum atomic E-state index is -0.0900. The van der Waals surface area contributed by atoms with Gasteiger partial charge in [0.15, 0.2) is 12.4 Å². The van der Waals surface area contributed by atoms with Crippen molar-refractivity contribution in [3.05, 3.63) is 80.6 Å². The number of halogens is 3. The molecule has 9 heteroatoms. The van der Waals surface area contributed by atoms with Gasteiger partial charge in [-0.25, -0.2) is 4.68 Å². The van der Waals surface area contributed by atoms with Crippen LogP contribution in [-0.2, 0) is 13.3 Å². The molecule has 0 radical (unpaired) electrons. The number of benzene rings is 2. The van der Waals surface area contributed by atoms with Crippen molar-refractivity contribution in [3.63, 3.8) is 0 Å². The van der Waals surface area contributed by atoms with Gasteiger partial charge in [-0.3, -0.25) is 9.69 Å². The van der Waals surface area contributed by atoms with E-state index >= 15 is 0 Å². The molecule has 1 aliphatic heterocycles. The number of hydrogen-bond acceptors (Lipinski definition) is 4. The zero-order valence-electron chi connectivity index (χ0n) is 17.6. The summed E-state index contributed by atoms with van der Waals surface area (Å²) in [5.41, 5.74) is 2.37. The smallest absolute Gasteiger partial charge is 0.274 e. The van der Waals surface area contributed by atoms with Gasteiger partial charge in [-0.15, -0.1) is 0 Å². The Kier molecular flexibility index (Phi) is 7.26. The number of amides is 1. The average Bonchev–Trinajstić information content (AvgIpc) is 3.26. The number of carbonyl (C=O) groups is 1. The molecule has 0 saturated carbocycles. The van der Waals surface area contributed by atoms with Crippen LogP contribution in [0.5, 0.6) is 5.75 Å². The van der Waals surface area contributed by atoms with E-state index in [0.29, 0.717) is 46.1 Å². The van der Waals surface area contributed by atoms with E-state index in [1.807, 2.05) is 42.2 Å². The predicted molar refractivity (Wildman–Crippen MR) is 127 cm³/mol. The van der Waals surface area contributed by atoms with Gasteiger partial charge in [-0.1, -0.05) is 46.9 Å². The number of nitrogens with zero attached hydrogens (tertiary/aromatic N) is 4. The molecule has 2 heterocycles. The maximum absolute atomic E-state index is 12.9. The minimum Gasteiger partial charge on any atom is -0.470 e. The van der Waals surface area contributed by atoms with Crippen molar-refractivity contribution in [3.8, 4) is 5.75 Å². The van der Waals surface area contributed by atoms with E-state index in [9.17, 15) is 4.79 Å². The van der Waals surface area contributed by atoms with Gasteiger partial charge in [-0.2, -0.15) is 5.10 Å². The third-order valence-corrected chi connectivity index (χ3v) is 6.42. The number of ether oxygens (including phenoxy) is 1. The van der Waals surface area contributed by atoms with Crippen LogP contribution in [0.2, 0.25) is 15.1 Å². The van der Waals surface area contributed by atoms with E-state index in [0.717, 1.165) is 24.2 Å². The highest BCUT2D eigenvalue weighted by Crippen LogP contribution is 2.27. The Hall–Kier alpha value is -2.25. The lowest BCUT2D eigenvalue weighted by Gasteiger charge is -2.34. The lowest BCUT2D eigenvalue weighted by molar-refractivity contribution is 0.0621. The first-order valence-electron chi connectivity index (χ1n) is 10.3. The summed E-state index contributed by atoms with van der Waals surface area (Å²) < 4.78 is 7.33. The summed E-state index contributed by atoms with van der Waals surface area (Å²) in [7, 11) is 0. The van der Waals surface area contributed by atoms with Crippen LogP contribution in [0.1, 0.15) is 21.6 Å². The van der Waals surface area contributed by atoms with Gasteiger partial charge in [0.2, 0.25) is 0 Å². The first kappa shape index (κ1) is 22.9. The Bertz CT molecular complexity index is 1090. The molecule has 1 aliphatic rings. The Balaban J connectivity index is 1.31. The fourth-order valence-electron chi connectivity index (χ4n) is 3.58. The Labute approximate surface area is 202 Å². The highest BCUT2D eigenvalue weighted by molar-refractivity contribution is 6.36. The maximum Gasteiger partial charge on any atom is 0.274 e. The summed E-state index contributed by atoms with van der Waals surface area (Å²) in [5.74, 6) is 0.498. The maximum atomic E-state index is 12.9. The van der Waals surface area contributed by atoms with Crippen molar-refractivity contribution in [1.29, 1.82) is 0 Å². The fourth-order valence-corrected chi connectivity index (χ4v) is 4.27. The molecule has 6 nitrogen and oxygen atoms in total. The molecule has 1 aromatic heterocycles. The van der Waals surface area contributed by atoms with Crippen molar-refractivity contribution in [2.75, 3.05) is 26.2 Å². The van der Waals surface area contributed by atoms with E-state index in [2.05, 4.69) is 10.00 Å². The number of aryl methyl sites for hydroxylation is 1. The minimum absolute atomic E-state index is 0.0900. The SMILES string of the molecule is Cc1ccc(Cl)c(OCn2ccc(C(=O)N3CCN(Cc4c(Cl)cccc4Cl)CC3)n2)c1. The van der Waals surface area contributed by atoms with Crippen LogP contribution >= 0.6 is 34.8 Å². The molecular formula is C23H23Cl3N4O2. The van der Waals surface area contributed by atoms with Crippen LogP contribution in [0.15, 0.2) is 48.7 Å². The summed E-state index contributed by atoms with van der Waals surface area (Å²) in [6.45, 7) is 5.51. The highest BCUT2D eigenvalue weighted by Gasteiger charge is 2.24. The molecule has 1 amide bonds. The Morgan fingerprint density at radius 2 is 1.72 bits per heavy atom. The fraction of sp³-hybridized carbons (Fsp3) is 0.304. The number of hydrogen-bond donors (Lipinski definition) is 0. The van der Waals surface area contributed by atoms with Gasteiger partial charge in [0.05, 0.1) is 5.02 Å². The second-order valence-electron chi connectivity index (χ2n) is 7.72. The second-order valence-corrected chi connectivity index (χ2v) is 8.94. The van der Waals surface area contributed by atoms with Gasteiger partial charge in [0, 0.05) is 54.5 Å². The van der Waals surface area contributed by atoms with E-state index in [-0.39, 0.29) is 12.6 Å². The Morgan fingerprint density at radius 1 is 1.00 bits per heavy atom. The average molecular weight is 494 g/mol. The summed E-state index contributed by atoms with van der Waals surface area (Å²) in [6, 6.07) is 12.8. The highest BCUT2D eigenvalue weighted by atomic mass is 35.5. The van der Waals surface area contributed by atoms with Gasteiger partial charge >= 0.3 is 0 Å². The van der Waals surface area contributed by atoms with Crippen molar-refractivity contribution in [2.24, 2.45) is 0 Å². The first-order chi connectivity index (χ1) is 15.4. The van der Waals surface area contributed by atoms with Gasteiger partial charge in [0.1, 0.15) is 5.75 Å². The Morgan fingerprint density at radius 3 is 2.44 bits per heavy atom. The van der Waals surface area contributed by atoms with E-state index < -0.39 is 0 Å². The van der Waals surface area contributed by atoms with Crippen LogP contribution < -0.4 is 4.74 Å². The monoisotopic (exact) mass is 492 g/mol. The normalized spacial score (nSPS) is 14.6. The molecule has 0 aliphatic carbocycles. The van der Waals surface area contributed by atoms with Gasteiger partial charge in [0.25, 0.3) is 5.91 Å². The summed E-state index contributed by atoms with van der Waals surface area (Å²) in [4.78, 5) is 16.9. The topological polar surface area (TPSA) is 50.6 Å². The molecule has 0 atom stereocenters. The van der Waals surface area contributed by atoms with Gasteiger partial charge < -0.3 is 9.64 Å². The van der Waals surface area contributed by atoms with Gasteiger partial charge in [-0.05, 0) is 42.8 Å². The van der Waals surface area contributed by atoms with Crippen molar-refractivity contribution >= 4 is 40.7 Å². The largest absolute Gasteiger partial charge is 0.470 e. The number of aromatic nitrogens is 2. The van der Waals surface area contributed by atoms with E-state index in [4.69, 9.17) is 39.5 Å². The van der Waals surface area contributed by atoms with Crippen LogP contribution in [0.25, 0.3) is 0 Å². The molecule has 4 rings (SSSR count). The quantitative estimate of drug-likeness (QED) is 0.477. The summed E-state index contributed by atoms with van der Waals surface area (Å²) >= 11 is 18.7. The molecule has 1 saturated heterocycles. The predicted octanol–water partition coefficient (Wildman–Crippen LogP) is 5.15. The van der Waals surface area contributed by atoms with Crippen LogP contribution in [0.3, 0.4) is 0 Å². The molecule has 32 heavy (non-hydrogen) atoms. The van der Waals surface area contributed by atoms with Crippen LogP contribution in [0.4, 0.5) is 0 Å². The summed E-state index contributed by atoms with van der Waals surface area (Å²) in [6.07, 6.45) is 1.73. The molecule has 168 valence electrons. The third-order valence-electron chi connectivity index (χ3n) is 5.40. The first-order valence-corrected chi connectivity index (χ1v) is 11.4. The number of piperazine rings is 1. The zero-order chi connectivity index (χ0) is 22.7. The van der Waals surface area contributed by atoms with Crippen molar-refractivity contribution in [1.82, 2.24) is 19.6 Å². The van der Waals surface area contributed by atoms with Crippen LogP contribution in [-0.4, -0.2) is 51.7 Å². The lowest BCUT2D eigenvalue weighted by atomic mass is 10.2. The molecular weight excluding hydrogens is 471 g/mol. The number of carbonyl (C=O) groups excluding carboxylic acids is 1. The van der Waals surface area contributed by atoms with Crippen molar-refractivity contribution < 1.29 is 9.53 Å². The summed E-state index contributed by atoms with van der Waals surface area (Å²) in [5, 5.41) is 6.23. The van der Waals surface area contributed by atoms with Crippen molar-refractivity contribution in [2.45, 2.75) is 20.2 Å². The third kappa shape index (κ3) is 5.38. The molecule has 1 fully saturated rings. The molecule has 0 N–H and O–H groups in total. The van der Waals surface area contributed by atoms with Crippen LogP contribution in [0, 0.1) is 6.92 Å². The standard InChI is InChI=1S/C23H23Cl3N4O2/c1-16-5-6-20(26)22(13-16)32-15-30-8-7-21(27-30)23(31)29-11-9-28(10-12-29)14-17-18(24)3-2-4-19(17)25/h2-8,13H,9-12,14-15H2,1H3. The lowest BCUT2D eigenvalue weighted by Crippen LogP contribution is -2.48. The molecule has 0 unspecified atom stereocenters. The molecule has 0 bridgehead atoms.